The number of nitrogens with one attached hydrogen (secondary N) is 2. The highest BCUT2D eigenvalue weighted by atomic mass is 16.6. The molecule has 0 bridgehead atoms. The van der Waals surface area contributed by atoms with Crippen LogP contribution in [0, 0.1) is 19.8 Å². The van der Waals surface area contributed by atoms with E-state index in [1.165, 1.54) is 0 Å². The van der Waals surface area contributed by atoms with Gasteiger partial charge in [0, 0.05) is 13.1 Å². The highest BCUT2D eigenvalue weighted by Gasteiger charge is 2.37. The van der Waals surface area contributed by atoms with Gasteiger partial charge in [-0.05, 0) is 69.2 Å². The van der Waals surface area contributed by atoms with Crippen LogP contribution in [-0.2, 0) is 20.9 Å². The molecule has 7 heteroatoms. The fourth-order valence-electron chi connectivity index (χ4n) is 4.22. The van der Waals surface area contributed by atoms with Crippen LogP contribution in [0.4, 0.5) is 4.79 Å². The molecular formula is C31H45N3O4. The zero-order valence-electron chi connectivity index (χ0n) is 24.3. The van der Waals surface area contributed by atoms with Gasteiger partial charge in [-0.25, -0.2) is 4.79 Å². The minimum Gasteiger partial charge on any atom is -0.444 e. The third-order valence-electron chi connectivity index (χ3n) is 6.45. The van der Waals surface area contributed by atoms with Gasteiger partial charge in [-0.3, -0.25) is 9.59 Å². The Bertz CT molecular complexity index is 1080. The molecular weight excluding hydrogens is 478 g/mol. The molecule has 3 amide bonds. The van der Waals surface area contributed by atoms with Gasteiger partial charge in [0.1, 0.15) is 17.7 Å². The summed E-state index contributed by atoms with van der Waals surface area (Å²) in [6.45, 7) is 15.8. The van der Waals surface area contributed by atoms with Crippen molar-refractivity contribution in [2.24, 2.45) is 5.92 Å². The van der Waals surface area contributed by atoms with Crippen molar-refractivity contribution in [3.05, 3.63) is 70.8 Å². The van der Waals surface area contributed by atoms with Gasteiger partial charge in [-0.1, -0.05) is 75.7 Å². The molecule has 0 radical (unpaired) electrons. The molecule has 0 aliphatic heterocycles. The van der Waals surface area contributed by atoms with Crippen molar-refractivity contribution in [2.45, 2.75) is 92.5 Å². The van der Waals surface area contributed by atoms with Crippen molar-refractivity contribution < 1.29 is 19.1 Å². The van der Waals surface area contributed by atoms with E-state index in [9.17, 15) is 14.4 Å². The lowest BCUT2D eigenvalue weighted by Crippen LogP contribution is -2.55. The summed E-state index contributed by atoms with van der Waals surface area (Å²) in [6, 6.07) is 13.8. The van der Waals surface area contributed by atoms with Crippen molar-refractivity contribution in [2.75, 3.05) is 6.54 Å². The first-order chi connectivity index (χ1) is 17.9. The molecule has 7 nitrogen and oxygen atoms in total. The molecule has 0 aliphatic carbocycles. The average Bonchev–Trinajstić information content (AvgIpc) is 2.85. The van der Waals surface area contributed by atoms with Gasteiger partial charge in [-0.15, -0.1) is 0 Å². The molecule has 0 heterocycles. The lowest BCUT2D eigenvalue weighted by molar-refractivity contribution is -0.143. The quantitative estimate of drug-likeness (QED) is 0.387. The van der Waals surface area contributed by atoms with E-state index in [0.717, 1.165) is 35.1 Å². The van der Waals surface area contributed by atoms with Gasteiger partial charge in [0.2, 0.25) is 11.8 Å². The molecule has 38 heavy (non-hydrogen) atoms. The van der Waals surface area contributed by atoms with E-state index in [0.29, 0.717) is 13.1 Å². The first-order valence-electron chi connectivity index (χ1n) is 13.5. The lowest BCUT2D eigenvalue weighted by Gasteiger charge is -2.36. The van der Waals surface area contributed by atoms with Gasteiger partial charge in [-0.2, -0.15) is 0 Å². The van der Waals surface area contributed by atoms with E-state index in [-0.39, 0.29) is 17.7 Å². The number of carbonyl (C=O) groups is 3. The van der Waals surface area contributed by atoms with Crippen LogP contribution in [0.1, 0.15) is 82.7 Å². The number of hydrogen-bond donors (Lipinski definition) is 2. The third kappa shape index (κ3) is 8.89. The molecule has 2 aromatic carbocycles. The van der Waals surface area contributed by atoms with Crippen LogP contribution in [0.25, 0.3) is 0 Å². The summed E-state index contributed by atoms with van der Waals surface area (Å²) in [7, 11) is 0. The maximum absolute atomic E-state index is 14.2. The number of carbonyl (C=O) groups excluding carboxylic acids is 3. The number of nitrogens with zero attached hydrogens (tertiary/aromatic N) is 1. The Balaban J connectivity index is 2.50. The highest BCUT2D eigenvalue weighted by molar-refractivity contribution is 5.92. The van der Waals surface area contributed by atoms with Gasteiger partial charge < -0.3 is 20.3 Å². The molecule has 2 N–H and O–H groups in total. The number of aryl methyl sites for hydroxylation is 1. The first-order valence-corrected chi connectivity index (χ1v) is 13.5. The molecule has 0 aliphatic rings. The Morgan fingerprint density at radius 3 is 2.21 bits per heavy atom. The maximum atomic E-state index is 14.2. The molecule has 2 atom stereocenters. The van der Waals surface area contributed by atoms with E-state index in [1.54, 1.807) is 25.7 Å². The first kappa shape index (κ1) is 30.9. The zero-order chi connectivity index (χ0) is 28.5. The second-order valence-electron chi connectivity index (χ2n) is 11.1. The van der Waals surface area contributed by atoms with Crippen LogP contribution in [0.15, 0.2) is 48.5 Å². The fourth-order valence-corrected chi connectivity index (χ4v) is 4.22. The number of hydrogen-bond acceptors (Lipinski definition) is 4. The number of ether oxygens (including phenoxy) is 1. The van der Waals surface area contributed by atoms with E-state index in [2.05, 4.69) is 10.6 Å². The van der Waals surface area contributed by atoms with Crippen molar-refractivity contribution >= 4 is 17.9 Å². The molecule has 208 valence electrons. The summed E-state index contributed by atoms with van der Waals surface area (Å²) < 4.78 is 5.44. The van der Waals surface area contributed by atoms with Crippen LogP contribution in [-0.4, -0.2) is 41.0 Å². The molecule has 2 rings (SSSR count). The van der Waals surface area contributed by atoms with Crippen LogP contribution < -0.4 is 10.6 Å². The molecule has 0 spiro atoms. The van der Waals surface area contributed by atoms with E-state index >= 15 is 0 Å². The fraction of sp³-hybridized carbons (Fsp3) is 0.516. The summed E-state index contributed by atoms with van der Waals surface area (Å²) in [5, 5.41) is 5.83. The Kier molecular flexibility index (Phi) is 11.4. The predicted molar refractivity (Wildman–Crippen MR) is 152 cm³/mol. The Morgan fingerprint density at radius 2 is 1.63 bits per heavy atom. The Hall–Kier alpha value is -3.35. The second-order valence-corrected chi connectivity index (χ2v) is 11.1. The number of unbranched alkanes of at least 4 members (excludes halogenated alkanes) is 1. The summed E-state index contributed by atoms with van der Waals surface area (Å²) in [6.07, 6.45) is 0.911. The van der Waals surface area contributed by atoms with Crippen LogP contribution >= 0.6 is 0 Å². The van der Waals surface area contributed by atoms with Gasteiger partial charge in [0.25, 0.3) is 0 Å². The number of alkyl carbamates (subject to hydrolysis) is 1. The van der Waals surface area contributed by atoms with E-state index < -0.39 is 23.8 Å². The van der Waals surface area contributed by atoms with Crippen molar-refractivity contribution in [1.29, 1.82) is 0 Å². The van der Waals surface area contributed by atoms with Gasteiger partial charge in [0.15, 0.2) is 0 Å². The van der Waals surface area contributed by atoms with Crippen molar-refractivity contribution in [3.63, 3.8) is 0 Å². The van der Waals surface area contributed by atoms with Crippen LogP contribution in [0.5, 0.6) is 0 Å². The highest BCUT2D eigenvalue weighted by Crippen LogP contribution is 2.28. The molecule has 0 saturated carbocycles. The summed E-state index contributed by atoms with van der Waals surface area (Å²) in [4.78, 5) is 42.3. The molecule has 2 aromatic rings. The summed E-state index contributed by atoms with van der Waals surface area (Å²) >= 11 is 0. The SMILES string of the molecule is CCCCN(C(=O)C(NC(=O)OC(C)(C)C)C(C)C)C(C(=O)NCc1ccccc1)c1cccc(C)c1C. The maximum Gasteiger partial charge on any atom is 0.408 e. The molecule has 0 aromatic heterocycles. The van der Waals surface area contributed by atoms with Crippen molar-refractivity contribution in [3.8, 4) is 0 Å². The van der Waals surface area contributed by atoms with Crippen LogP contribution in [0.2, 0.25) is 0 Å². The topological polar surface area (TPSA) is 87.7 Å². The number of rotatable bonds is 11. The van der Waals surface area contributed by atoms with Crippen molar-refractivity contribution in [1.82, 2.24) is 15.5 Å². The third-order valence-corrected chi connectivity index (χ3v) is 6.45. The normalized spacial score (nSPS) is 13.0. The predicted octanol–water partition coefficient (Wildman–Crippen LogP) is 5.84. The minimum atomic E-state index is -0.851. The molecule has 2 unspecified atom stereocenters. The minimum absolute atomic E-state index is 0.217. The van der Waals surface area contributed by atoms with Gasteiger partial charge >= 0.3 is 6.09 Å². The Labute approximate surface area is 228 Å². The monoisotopic (exact) mass is 523 g/mol. The smallest absolute Gasteiger partial charge is 0.408 e. The summed E-state index contributed by atoms with van der Waals surface area (Å²) in [5.74, 6) is -0.780. The van der Waals surface area contributed by atoms with E-state index in [1.807, 2.05) is 83.1 Å². The average molecular weight is 524 g/mol. The lowest BCUT2D eigenvalue weighted by atomic mass is 9.93. The Morgan fingerprint density at radius 1 is 0.974 bits per heavy atom. The standard InChI is InChI=1S/C31H45N3O4/c1-9-10-19-34(29(36)26(21(2)3)33-30(37)38-31(6,7)8)27(25-18-14-15-22(4)23(25)5)28(35)32-20-24-16-12-11-13-17-24/h11-18,21,26-27H,9-10,19-20H2,1-8H3,(H,32,35)(H,33,37). The largest absolute Gasteiger partial charge is 0.444 e. The molecule has 0 saturated heterocycles. The number of benzene rings is 2. The second kappa shape index (κ2) is 14.0. The van der Waals surface area contributed by atoms with E-state index in [4.69, 9.17) is 4.74 Å². The molecule has 0 fully saturated rings. The van der Waals surface area contributed by atoms with Gasteiger partial charge in [0.05, 0.1) is 0 Å². The number of amides is 3. The van der Waals surface area contributed by atoms with Crippen LogP contribution in [0.3, 0.4) is 0 Å². The zero-order valence-corrected chi connectivity index (χ0v) is 24.3. The summed E-state index contributed by atoms with van der Waals surface area (Å²) in [5.41, 5.74) is 3.05.